The first-order chi connectivity index (χ1) is 14.2. The van der Waals surface area contributed by atoms with Crippen LogP contribution in [-0.2, 0) is 9.53 Å². The zero-order valence-corrected chi connectivity index (χ0v) is 16.7. The molecule has 146 valence electrons. The zero-order chi connectivity index (χ0) is 20.4. The number of hydrogen-bond acceptors (Lipinski definition) is 5. The highest BCUT2D eigenvalue weighted by atomic mass is 32.2. The van der Waals surface area contributed by atoms with Crippen molar-refractivity contribution in [1.29, 1.82) is 0 Å². The molecule has 7 heteroatoms. The van der Waals surface area contributed by atoms with Crippen molar-refractivity contribution in [2.24, 2.45) is 0 Å². The Morgan fingerprint density at radius 2 is 1.79 bits per heavy atom. The highest BCUT2D eigenvalue weighted by Crippen LogP contribution is 2.43. The van der Waals surface area contributed by atoms with Crippen LogP contribution in [0, 0.1) is 5.82 Å². The molecule has 0 amide bonds. The van der Waals surface area contributed by atoms with Gasteiger partial charge in [-0.1, -0.05) is 12.1 Å². The van der Waals surface area contributed by atoms with Gasteiger partial charge in [0.25, 0.3) is 0 Å². The third-order valence-corrected chi connectivity index (χ3v) is 5.56. The van der Waals surface area contributed by atoms with Crippen LogP contribution in [-0.4, -0.2) is 33.9 Å². The molecule has 0 aliphatic carbocycles. The SMILES string of the molecule is COC(=O)C(SC)n1c(-c2ccncc2)c(-c2ccc(F)cc2)c2ncccc21. The molecule has 5 nitrogen and oxygen atoms in total. The lowest BCUT2D eigenvalue weighted by Crippen LogP contribution is -2.18. The van der Waals surface area contributed by atoms with Gasteiger partial charge in [-0.2, -0.15) is 0 Å². The molecule has 1 unspecified atom stereocenters. The summed E-state index contributed by atoms with van der Waals surface area (Å²) < 4.78 is 20.6. The summed E-state index contributed by atoms with van der Waals surface area (Å²) in [4.78, 5) is 21.3. The van der Waals surface area contributed by atoms with Crippen molar-refractivity contribution in [3.8, 4) is 22.4 Å². The Morgan fingerprint density at radius 3 is 2.45 bits per heavy atom. The molecule has 0 saturated heterocycles. The van der Waals surface area contributed by atoms with E-state index in [4.69, 9.17) is 4.74 Å². The van der Waals surface area contributed by atoms with Crippen LogP contribution in [0.2, 0.25) is 0 Å². The van der Waals surface area contributed by atoms with E-state index in [1.807, 2.05) is 35.1 Å². The number of benzene rings is 1. The molecule has 0 N–H and O–H groups in total. The normalized spacial score (nSPS) is 12.1. The molecule has 1 aromatic carbocycles. The molecule has 29 heavy (non-hydrogen) atoms. The number of nitrogens with zero attached hydrogens (tertiary/aromatic N) is 3. The third-order valence-electron chi connectivity index (χ3n) is 4.71. The largest absolute Gasteiger partial charge is 0.467 e. The molecule has 0 radical (unpaired) electrons. The summed E-state index contributed by atoms with van der Waals surface area (Å²) >= 11 is 1.38. The number of rotatable bonds is 5. The predicted octanol–water partition coefficient (Wildman–Crippen LogP) is 4.94. The van der Waals surface area contributed by atoms with Crippen molar-refractivity contribution in [3.63, 3.8) is 0 Å². The summed E-state index contributed by atoms with van der Waals surface area (Å²) in [7, 11) is 1.38. The minimum Gasteiger partial charge on any atom is -0.467 e. The lowest BCUT2D eigenvalue weighted by atomic mass is 10.0. The molecular weight excluding hydrogens is 389 g/mol. The Bertz CT molecular complexity index is 1160. The minimum atomic E-state index is -0.607. The third kappa shape index (κ3) is 3.38. The van der Waals surface area contributed by atoms with Crippen molar-refractivity contribution < 1.29 is 13.9 Å². The maximum atomic E-state index is 13.6. The van der Waals surface area contributed by atoms with Crippen molar-refractivity contribution in [1.82, 2.24) is 14.5 Å². The molecule has 0 saturated carbocycles. The quantitative estimate of drug-likeness (QED) is 0.439. The Morgan fingerprint density at radius 1 is 1.07 bits per heavy atom. The smallest absolute Gasteiger partial charge is 0.339 e. The predicted molar refractivity (Wildman–Crippen MR) is 113 cm³/mol. The van der Waals surface area contributed by atoms with Gasteiger partial charge in [-0.25, -0.2) is 9.18 Å². The van der Waals surface area contributed by atoms with Gasteiger partial charge in [0.05, 0.1) is 23.8 Å². The van der Waals surface area contributed by atoms with E-state index in [9.17, 15) is 9.18 Å². The highest BCUT2D eigenvalue weighted by molar-refractivity contribution is 7.99. The summed E-state index contributed by atoms with van der Waals surface area (Å²) in [6.07, 6.45) is 6.97. The van der Waals surface area contributed by atoms with Gasteiger partial charge in [0.15, 0.2) is 5.37 Å². The number of halogens is 1. The first-order valence-corrected chi connectivity index (χ1v) is 10.2. The lowest BCUT2D eigenvalue weighted by Gasteiger charge is -2.19. The van der Waals surface area contributed by atoms with Crippen LogP contribution in [0.5, 0.6) is 0 Å². The average molecular weight is 407 g/mol. The Labute approximate surface area is 171 Å². The van der Waals surface area contributed by atoms with E-state index in [1.165, 1.54) is 31.0 Å². The van der Waals surface area contributed by atoms with Crippen LogP contribution in [0.4, 0.5) is 4.39 Å². The van der Waals surface area contributed by atoms with Crippen molar-refractivity contribution in [3.05, 3.63) is 72.9 Å². The van der Waals surface area contributed by atoms with Gasteiger partial charge in [0.2, 0.25) is 0 Å². The highest BCUT2D eigenvalue weighted by Gasteiger charge is 2.29. The van der Waals surface area contributed by atoms with Crippen LogP contribution in [0.3, 0.4) is 0 Å². The van der Waals surface area contributed by atoms with E-state index in [1.54, 1.807) is 30.7 Å². The summed E-state index contributed by atoms with van der Waals surface area (Å²) in [6, 6.07) is 13.8. The molecule has 0 bridgehead atoms. The van der Waals surface area contributed by atoms with Crippen molar-refractivity contribution in [2.75, 3.05) is 13.4 Å². The van der Waals surface area contributed by atoms with Crippen LogP contribution < -0.4 is 0 Å². The first kappa shape index (κ1) is 19.1. The molecule has 0 fully saturated rings. The van der Waals surface area contributed by atoms with E-state index >= 15 is 0 Å². The Kier molecular flexibility index (Phi) is 5.31. The molecular formula is C22H18FN3O2S. The van der Waals surface area contributed by atoms with Gasteiger partial charge in [0.1, 0.15) is 5.82 Å². The number of fused-ring (bicyclic) bond motifs is 1. The fourth-order valence-corrected chi connectivity index (χ4v) is 4.19. The average Bonchev–Trinajstić information content (AvgIpc) is 3.10. The minimum absolute atomic E-state index is 0.313. The van der Waals surface area contributed by atoms with Gasteiger partial charge in [0, 0.05) is 29.7 Å². The topological polar surface area (TPSA) is 57.0 Å². The molecule has 4 aromatic rings. The molecule has 0 spiro atoms. The Balaban J connectivity index is 2.14. The number of aromatic nitrogens is 3. The summed E-state index contributed by atoms with van der Waals surface area (Å²) in [5, 5.41) is -0.607. The van der Waals surface area contributed by atoms with Crippen LogP contribution >= 0.6 is 11.8 Å². The Hall–Kier alpha value is -3.19. The molecule has 0 aliphatic rings. The second-order valence-electron chi connectivity index (χ2n) is 6.32. The monoisotopic (exact) mass is 407 g/mol. The van der Waals surface area contributed by atoms with Crippen LogP contribution in [0.15, 0.2) is 67.1 Å². The maximum absolute atomic E-state index is 13.6. The van der Waals surface area contributed by atoms with Gasteiger partial charge < -0.3 is 9.30 Å². The molecule has 4 rings (SSSR count). The van der Waals surface area contributed by atoms with E-state index < -0.39 is 5.37 Å². The number of hydrogen-bond donors (Lipinski definition) is 0. The molecule has 3 heterocycles. The lowest BCUT2D eigenvalue weighted by molar-refractivity contribution is -0.141. The summed E-state index contributed by atoms with van der Waals surface area (Å²) in [5.41, 5.74) is 4.84. The fourth-order valence-electron chi connectivity index (χ4n) is 3.47. The number of esters is 1. The number of thioether (sulfide) groups is 1. The summed E-state index contributed by atoms with van der Waals surface area (Å²) in [5.74, 6) is -0.674. The van der Waals surface area contributed by atoms with Gasteiger partial charge in [-0.05, 0) is 48.2 Å². The first-order valence-electron chi connectivity index (χ1n) is 8.91. The van der Waals surface area contributed by atoms with Crippen molar-refractivity contribution >= 4 is 28.8 Å². The molecule has 1 atom stereocenters. The van der Waals surface area contributed by atoms with E-state index in [2.05, 4.69) is 9.97 Å². The molecule has 0 aliphatic heterocycles. The van der Waals surface area contributed by atoms with Gasteiger partial charge >= 0.3 is 5.97 Å². The van der Waals surface area contributed by atoms with E-state index in [0.29, 0.717) is 0 Å². The molecule has 3 aromatic heterocycles. The fraction of sp³-hybridized carbons (Fsp3) is 0.136. The number of pyridine rings is 2. The zero-order valence-electron chi connectivity index (χ0n) is 15.9. The van der Waals surface area contributed by atoms with E-state index in [0.717, 1.165) is 33.4 Å². The number of ether oxygens (including phenoxy) is 1. The number of methoxy groups -OCH3 is 1. The number of carbonyl (C=O) groups excluding carboxylic acids is 1. The van der Waals surface area contributed by atoms with E-state index in [-0.39, 0.29) is 11.8 Å². The number of carbonyl (C=O) groups is 1. The van der Waals surface area contributed by atoms with Gasteiger partial charge in [-0.3, -0.25) is 9.97 Å². The standard InChI is InChI=1S/C22H18FN3O2S/c1-28-22(27)21(29-2)26-17-4-3-11-25-19(17)18(14-5-7-16(23)8-6-14)20(26)15-9-12-24-13-10-15/h3-13,21H,1-2H3. The van der Waals surface area contributed by atoms with Gasteiger partial charge in [-0.15, -0.1) is 11.8 Å². The van der Waals surface area contributed by atoms with Crippen LogP contribution in [0.1, 0.15) is 5.37 Å². The maximum Gasteiger partial charge on any atom is 0.339 e. The van der Waals surface area contributed by atoms with Crippen molar-refractivity contribution in [2.45, 2.75) is 5.37 Å². The summed E-state index contributed by atoms with van der Waals surface area (Å²) in [6.45, 7) is 0. The second-order valence-corrected chi connectivity index (χ2v) is 7.24. The second kappa shape index (κ2) is 8.05. The van der Waals surface area contributed by atoms with Crippen LogP contribution in [0.25, 0.3) is 33.4 Å².